The number of hydrogen-bond donors (Lipinski definition) is 0. The second-order valence-electron chi connectivity index (χ2n) is 10.1. The first-order valence-electron chi connectivity index (χ1n) is 13.4. The first-order valence-corrected chi connectivity index (χ1v) is 13.4. The van der Waals surface area contributed by atoms with Gasteiger partial charge in [-0.3, -0.25) is 4.79 Å². The van der Waals surface area contributed by atoms with Crippen molar-refractivity contribution in [1.29, 1.82) is 0 Å². The summed E-state index contributed by atoms with van der Waals surface area (Å²) >= 11 is 0. The van der Waals surface area contributed by atoms with Gasteiger partial charge in [-0.2, -0.15) is 4.39 Å². The lowest BCUT2D eigenvalue weighted by Crippen LogP contribution is -2.49. The number of amidine groups is 1. The van der Waals surface area contributed by atoms with Gasteiger partial charge in [0.2, 0.25) is 11.8 Å². The minimum atomic E-state index is -1.74. The number of hydrogen-bond acceptors (Lipinski definition) is 4. The number of alkyl halides is 1. The Hall–Kier alpha value is -3.35. The number of halogens is 1. The van der Waals surface area contributed by atoms with Crippen LogP contribution in [-0.2, 0) is 4.79 Å². The third-order valence-corrected chi connectivity index (χ3v) is 6.47. The summed E-state index contributed by atoms with van der Waals surface area (Å²) in [7, 11) is 2.03. The summed E-state index contributed by atoms with van der Waals surface area (Å²) in [6, 6.07) is 7.53. The summed E-state index contributed by atoms with van der Waals surface area (Å²) in [5.74, 6) is 0.473. The zero-order valence-corrected chi connectivity index (χ0v) is 24.5. The Morgan fingerprint density at radius 3 is 2.18 bits per heavy atom. The SMILES string of the molecule is C=CC(=O)N1CCN(C(C)=N/C(=C(C)\C(=C\CC)c2ccc(OC(C)(C)F)cc2)N(C)/C=C(\C)CC)CC1. The molecule has 1 aliphatic rings. The molecule has 0 atom stereocenters. The lowest BCUT2D eigenvalue weighted by molar-refractivity contribution is -0.127. The Balaban J connectivity index is 2.49. The van der Waals surface area contributed by atoms with Crippen molar-refractivity contribution in [1.82, 2.24) is 14.7 Å². The summed E-state index contributed by atoms with van der Waals surface area (Å²) in [6.45, 7) is 19.6. The molecule has 2 rings (SSSR count). The molecule has 0 spiro atoms. The molecule has 0 bridgehead atoms. The second-order valence-corrected chi connectivity index (χ2v) is 10.1. The van der Waals surface area contributed by atoms with Crippen LogP contribution in [0.1, 0.15) is 66.9 Å². The Kier molecular flexibility index (Phi) is 11.4. The monoisotopic (exact) mass is 524 g/mol. The van der Waals surface area contributed by atoms with E-state index in [-0.39, 0.29) is 5.91 Å². The van der Waals surface area contributed by atoms with E-state index in [1.54, 1.807) is 12.1 Å². The maximum Gasteiger partial charge on any atom is 0.246 e. The number of piperazine rings is 1. The number of carbonyl (C=O) groups is 1. The van der Waals surface area contributed by atoms with E-state index in [0.29, 0.717) is 18.8 Å². The highest BCUT2D eigenvalue weighted by Gasteiger charge is 2.22. The Morgan fingerprint density at radius 2 is 1.68 bits per heavy atom. The number of amides is 1. The number of benzene rings is 1. The quantitative estimate of drug-likeness (QED) is 0.146. The predicted octanol–water partition coefficient (Wildman–Crippen LogP) is 6.79. The topological polar surface area (TPSA) is 48.4 Å². The largest absolute Gasteiger partial charge is 0.459 e. The van der Waals surface area contributed by atoms with Crippen molar-refractivity contribution in [2.45, 2.75) is 67.2 Å². The molecule has 0 saturated carbocycles. The van der Waals surface area contributed by atoms with Crippen LogP contribution < -0.4 is 4.74 Å². The van der Waals surface area contributed by atoms with Gasteiger partial charge in [0.1, 0.15) is 17.4 Å². The fourth-order valence-electron chi connectivity index (χ4n) is 4.31. The molecule has 208 valence electrons. The molecular weight excluding hydrogens is 479 g/mol. The van der Waals surface area contributed by atoms with Gasteiger partial charge in [0.05, 0.1) is 0 Å². The fraction of sp³-hybridized carbons (Fsp3) is 0.484. The van der Waals surface area contributed by atoms with Crippen molar-refractivity contribution >= 4 is 17.3 Å². The van der Waals surface area contributed by atoms with E-state index in [4.69, 9.17) is 9.73 Å². The molecule has 1 heterocycles. The van der Waals surface area contributed by atoms with Crippen molar-refractivity contribution in [3.05, 3.63) is 71.7 Å². The Labute approximate surface area is 228 Å². The summed E-state index contributed by atoms with van der Waals surface area (Å²) in [4.78, 5) is 23.3. The lowest BCUT2D eigenvalue weighted by Gasteiger charge is -2.35. The van der Waals surface area contributed by atoms with Crippen LogP contribution in [0.15, 0.2) is 71.2 Å². The number of aliphatic imine (C=N–C) groups is 1. The number of allylic oxidation sites excluding steroid dienone is 4. The van der Waals surface area contributed by atoms with Crippen LogP contribution in [0.5, 0.6) is 5.75 Å². The molecule has 1 fully saturated rings. The molecule has 1 amide bonds. The van der Waals surface area contributed by atoms with Gasteiger partial charge in [0, 0.05) is 53.3 Å². The van der Waals surface area contributed by atoms with Gasteiger partial charge >= 0.3 is 0 Å². The smallest absolute Gasteiger partial charge is 0.246 e. The van der Waals surface area contributed by atoms with Crippen LogP contribution in [0.3, 0.4) is 0 Å². The fourth-order valence-corrected chi connectivity index (χ4v) is 4.31. The van der Waals surface area contributed by atoms with Gasteiger partial charge in [-0.05, 0) is 68.5 Å². The molecule has 38 heavy (non-hydrogen) atoms. The van der Waals surface area contributed by atoms with E-state index in [9.17, 15) is 9.18 Å². The maximum absolute atomic E-state index is 14.0. The van der Waals surface area contributed by atoms with E-state index < -0.39 is 5.85 Å². The normalized spacial score (nSPS) is 16.3. The Morgan fingerprint density at radius 1 is 1.11 bits per heavy atom. The summed E-state index contributed by atoms with van der Waals surface area (Å²) in [6.07, 6.45) is 7.49. The van der Waals surface area contributed by atoms with E-state index in [1.165, 1.54) is 25.5 Å². The summed E-state index contributed by atoms with van der Waals surface area (Å²) in [5, 5.41) is 0. The molecular formula is C31H45FN4O2. The molecule has 0 N–H and O–H groups in total. The van der Waals surface area contributed by atoms with Gasteiger partial charge in [0.15, 0.2) is 0 Å². The molecule has 0 unspecified atom stereocenters. The number of carbonyl (C=O) groups excluding carboxylic acids is 1. The highest BCUT2D eigenvalue weighted by Crippen LogP contribution is 2.30. The zero-order chi connectivity index (χ0) is 28.5. The number of ether oxygens (including phenoxy) is 1. The van der Waals surface area contributed by atoms with E-state index in [0.717, 1.165) is 54.3 Å². The molecule has 1 saturated heterocycles. The van der Waals surface area contributed by atoms with Crippen LogP contribution in [0.4, 0.5) is 4.39 Å². The first kappa shape index (κ1) is 30.9. The molecule has 1 aliphatic heterocycles. The van der Waals surface area contributed by atoms with Crippen LogP contribution in [0.2, 0.25) is 0 Å². The maximum atomic E-state index is 14.0. The summed E-state index contributed by atoms with van der Waals surface area (Å²) < 4.78 is 19.3. The van der Waals surface area contributed by atoms with Gasteiger partial charge in [-0.25, -0.2) is 4.99 Å². The molecule has 0 aromatic heterocycles. The first-order chi connectivity index (χ1) is 17.9. The van der Waals surface area contributed by atoms with Gasteiger partial charge in [-0.1, -0.05) is 44.2 Å². The third-order valence-electron chi connectivity index (χ3n) is 6.47. The standard InChI is InChI=1S/C31H45FN4O2/c1-10-13-28(26-14-16-27(17-15-26)38-31(7,8)32)24(5)30(34(9)22-23(4)11-2)33-25(6)35-18-20-36(21-19-35)29(37)12-3/h12-17,22H,3,10-11,18-21H2,1-2,4-9H3/b23-22+,28-13-,30-24+,33-25?. The van der Waals surface area contributed by atoms with Gasteiger partial charge < -0.3 is 19.4 Å². The van der Waals surface area contributed by atoms with E-state index in [1.807, 2.05) is 31.0 Å². The van der Waals surface area contributed by atoms with Crippen LogP contribution in [0.25, 0.3) is 5.57 Å². The molecule has 0 aliphatic carbocycles. The van der Waals surface area contributed by atoms with Gasteiger partial charge in [-0.15, -0.1) is 0 Å². The van der Waals surface area contributed by atoms with Crippen molar-refractivity contribution in [2.75, 3.05) is 33.2 Å². The highest BCUT2D eigenvalue weighted by atomic mass is 19.2. The predicted molar refractivity (Wildman–Crippen MR) is 156 cm³/mol. The third kappa shape index (κ3) is 8.89. The second kappa shape index (κ2) is 14.0. The van der Waals surface area contributed by atoms with Crippen LogP contribution >= 0.6 is 0 Å². The Bertz CT molecular complexity index is 1090. The molecule has 7 heteroatoms. The molecule has 0 radical (unpaired) electrons. The molecule has 1 aromatic carbocycles. The van der Waals surface area contributed by atoms with Crippen LogP contribution in [0, 0.1) is 0 Å². The van der Waals surface area contributed by atoms with E-state index in [2.05, 4.69) is 56.3 Å². The minimum absolute atomic E-state index is 0.0311. The molecule has 1 aromatic rings. The average molecular weight is 525 g/mol. The van der Waals surface area contributed by atoms with Crippen molar-refractivity contribution < 1.29 is 13.9 Å². The molecule has 6 nitrogen and oxygen atoms in total. The van der Waals surface area contributed by atoms with Crippen LogP contribution in [-0.4, -0.2) is 65.5 Å². The minimum Gasteiger partial charge on any atom is -0.459 e. The average Bonchev–Trinajstić information content (AvgIpc) is 2.89. The number of rotatable bonds is 10. The van der Waals surface area contributed by atoms with Crippen molar-refractivity contribution in [2.24, 2.45) is 4.99 Å². The van der Waals surface area contributed by atoms with E-state index >= 15 is 0 Å². The van der Waals surface area contributed by atoms with Gasteiger partial charge in [0.25, 0.3) is 0 Å². The van der Waals surface area contributed by atoms with Crippen molar-refractivity contribution in [3.8, 4) is 5.75 Å². The zero-order valence-electron chi connectivity index (χ0n) is 24.5. The lowest BCUT2D eigenvalue weighted by atomic mass is 9.97. The highest BCUT2D eigenvalue weighted by molar-refractivity contribution is 5.87. The summed E-state index contributed by atoms with van der Waals surface area (Å²) in [5.41, 5.74) is 4.37. The van der Waals surface area contributed by atoms with Crippen molar-refractivity contribution in [3.63, 3.8) is 0 Å². The number of nitrogens with zero attached hydrogens (tertiary/aromatic N) is 4.